The summed E-state index contributed by atoms with van der Waals surface area (Å²) in [5.41, 5.74) is 1.51. The van der Waals surface area contributed by atoms with Crippen molar-refractivity contribution in [2.45, 2.75) is 44.6 Å². The van der Waals surface area contributed by atoms with Crippen molar-refractivity contribution in [3.8, 4) is 0 Å². The predicted molar refractivity (Wildman–Crippen MR) is 80.4 cm³/mol. The second-order valence-electron chi connectivity index (χ2n) is 5.68. The number of aliphatic hydroxyl groups excluding tert-OH is 1. The van der Waals surface area contributed by atoms with Crippen molar-refractivity contribution in [2.24, 2.45) is 0 Å². The smallest absolute Gasteiger partial charge is 0.252 e. The average Bonchev–Trinajstić information content (AvgIpc) is 2.82. The zero-order valence-electron chi connectivity index (χ0n) is 12.2. The van der Waals surface area contributed by atoms with Crippen LogP contribution in [0.15, 0.2) is 5.38 Å². The van der Waals surface area contributed by atoms with Crippen LogP contribution in [0.3, 0.4) is 0 Å². The fourth-order valence-electron chi connectivity index (χ4n) is 2.76. The van der Waals surface area contributed by atoms with Gasteiger partial charge in [-0.3, -0.25) is 4.79 Å². The monoisotopic (exact) mass is 297 g/mol. The summed E-state index contributed by atoms with van der Waals surface area (Å²) in [6.07, 6.45) is 4.97. The molecule has 0 bridgehead atoms. The fourth-order valence-corrected chi connectivity index (χ4v) is 3.89. The Morgan fingerprint density at radius 3 is 2.95 bits per heavy atom. The summed E-state index contributed by atoms with van der Waals surface area (Å²) in [6, 6.07) is 0. The molecule has 0 saturated carbocycles. The third-order valence-electron chi connectivity index (χ3n) is 3.85. The van der Waals surface area contributed by atoms with E-state index in [4.69, 9.17) is 9.84 Å². The number of thiophene rings is 1. The Hall–Kier alpha value is -0.910. The number of carbonyl (C=O) groups excluding carboxylic acids is 1. The predicted octanol–water partition coefficient (Wildman–Crippen LogP) is 2.14. The molecule has 1 aliphatic rings. The van der Waals surface area contributed by atoms with Crippen molar-refractivity contribution in [3.63, 3.8) is 0 Å². The minimum atomic E-state index is -0.524. The number of fused-ring (bicyclic) bond motifs is 1. The third kappa shape index (κ3) is 3.40. The molecule has 1 unspecified atom stereocenters. The maximum Gasteiger partial charge on any atom is 0.252 e. The first-order valence-corrected chi connectivity index (χ1v) is 7.99. The molecule has 5 heteroatoms. The van der Waals surface area contributed by atoms with Crippen molar-refractivity contribution >= 4 is 17.2 Å². The lowest BCUT2D eigenvalue weighted by Gasteiger charge is -2.29. The van der Waals surface area contributed by atoms with Crippen LogP contribution in [0.1, 0.15) is 47.0 Å². The van der Waals surface area contributed by atoms with Crippen LogP contribution in [-0.4, -0.2) is 36.9 Å². The van der Waals surface area contributed by atoms with Gasteiger partial charge in [0.2, 0.25) is 0 Å². The Kier molecular flexibility index (Phi) is 5.18. The standard InChI is InChI=1S/C15H23NO3S/c1-15(7-8-17,10-19-2)16-14(18)12-9-20-13-6-4-3-5-11(12)13/h9,17H,3-8,10H2,1-2H3,(H,16,18). The van der Waals surface area contributed by atoms with Crippen LogP contribution in [0.5, 0.6) is 0 Å². The fraction of sp³-hybridized carbons (Fsp3) is 0.667. The molecule has 4 nitrogen and oxygen atoms in total. The highest BCUT2D eigenvalue weighted by Gasteiger charge is 2.28. The molecule has 0 fully saturated rings. The molecule has 1 aliphatic carbocycles. The lowest BCUT2D eigenvalue weighted by Crippen LogP contribution is -2.50. The minimum Gasteiger partial charge on any atom is -0.396 e. The van der Waals surface area contributed by atoms with E-state index in [0.29, 0.717) is 13.0 Å². The van der Waals surface area contributed by atoms with Gasteiger partial charge in [0.05, 0.1) is 17.7 Å². The largest absolute Gasteiger partial charge is 0.396 e. The van der Waals surface area contributed by atoms with Crippen molar-refractivity contribution in [2.75, 3.05) is 20.3 Å². The van der Waals surface area contributed by atoms with Crippen molar-refractivity contribution in [3.05, 3.63) is 21.4 Å². The lowest BCUT2D eigenvalue weighted by molar-refractivity contribution is 0.0725. The van der Waals surface area contributed by atoms with E-state index in [0.717, 1.165) is 24.8 Å². The third-order valence-corrected chi connectivity index (χ3v) is 4.94. The topological polar surface area (TPSA) is 58.6 Å². The first-order valence-electron chi connectivity index (χ1n) is 7.11. The molecule has 20 heavy (non-hydrogen) atoms. The maximum absolute atomic E-state index is 12.5. The van der Waals surface area contributed by atoms with E-state index in [1.165, 1.54) is 16.9 Å². The highest BCUT2D eigenvalue weighted by Crippen LogP contribution is 2.30. The van der Waals surface area contributed by atoms with Crippen LogP contribution in [0.4, 0.5) is 0 Å². The summed E-state index contributed by atoms with van der Waals surface area (Å²) in [6.45, 7) is 2.33. The van der Waals surface area contributed by atoms with E-state index in [9.17, 15) is 4.79 Å². The summed E-state index contributed by atoms with van der Waals surface area (Å²) in [7, 11) is 1.61. The Balaban J connectivity index is 2.12. The number of nitrogens with one attached hydrogen (secondary N) is 1. The Morgan fingerprint density at radius 2 is 2.25 bits per heavy atom. The summed E-state index contributed by atoms with van der Waals surface area (Å²) in [5, 5.41) is 14.2. The number of aliphatic hydroxyl groups is 1. The maximum atomic E-state index is 12.5. The number of methoxy groups -OCH3 is 1. The number of ether oxygens (including phenoxy) is 1. The first kappa shape index (κ1) is 15.5. The van der Waals surface area contributed by atoms with Crippen LogP contribution in [-0.2, 0) is 17.6 Å². The summed E-state index contributed by atoms with van der Waals surface area (Å²) in [4.78, 5) is 13.9. The molecule has 0 saturated heterocycles. The highest BCUT2D eigenvalue weighted by atomic mass is 32.1. The summed E-state index contributed by atoms with van der Waals surface area (Å²) < 4.78 is 5.17. The quantitative estimate of drug-likeness (QED) is 0.846. The number of carbonyl (C=O) groups is 1. The van der Waals surface area contributed by atoms with E-state index in [-0.39, 0.29) is 12.5 Å². The Bertz CT molecular complexity index is 464. The molecule has 0 spiro atoms. The molecular formula is C15H23NO3S. The van der Waals surface area contributed by atoms with E-state index in [1.54, 1.807) is 18.4 Å². The first-order chi connectivity index (χ1) is 9.59. The zero-order chi connectivity index (χ0) is 14.6. The van der Waals surface area contributed by atoms with Crippen LogP contribution in [0, 0.1) is 0 Å². The molecular weight excluding hydrogens is 274 g/mol. The molecule has 1 aromatic rings. The molecule has 1 atom stereocenters. The number of aryl methyl sites for hydroxylation is 1. The normalized spacial score (nSPS) is 17.4. The SMILES string of the molecule is COCC(C)(CCO)NC(=O)c1csc2c1CCCC2. The van der Waals surface area contributed by atoms with Gasteiger partial charge >= 0.3 is 0 Å². The van der Waals surface area contributed by atoms with Crippen molar-refractivity contribution in [1.29, 1.82) is 0 Å². The van der Waals surface area contributed by atoms with Crippen molar-refractivity contribution in [1.82, 2.24) is 5.32 Å². The molecule has 0 radical (unpaired) electrons. The van der Waals surface area contributed by atoms with Gasteiger partial charge in [0, 0.05) is 24.0 Å². The van der Waals surface area contributed by atoms with E-state index < -0.39 is 5.54 Å². The van der Waals surface area contributed by atoms with E-state index >= 15 is 0 Å². The van der Waals surface area contributed by atoms with Crippen LogP contribution < -0.4 is 5.32 Å². The van der Waals surface area contributed by atoms with Gasteiger partial charge in [-0.15, -0.1) is 11.3 Å². The van der Waals surface area contributed by atoms with Gasteiger partial charge in [0.1, 0.15) is 0 Å². The van der Waals surface area contributed by atoms with Gasteiger partial charge in [-0.05, 0) is 44.6 Å². The Morgan fingerprint density at radius 1 is 1.50 bits per heavy atom. The molecule has 112 valence electrons. The van der Waals surface area contributed by atoms with Gasteiger partial charge in [0.15, 0.2) is 0 Å². The minimum absolute atomic E-state index is 0.0296. The van der Waals surface area contributed by atoms with Crippen LogP contribution in [0.2, 0.25) is 0 Å². The highest BCUT2D eigenvalue weighted by molar-refractivity contribution is 7.10. The van der Waals surface area contributed by atoms with Crippen LogP contribution >= 0.6 is 11.3 Å². The summed E-state index contributed by atoms with van der Waals surface area (Å²) in [5.74, 6) is -0.0441. The zero-order valence-corrected chi connectivity index (χ0v) is 13.0. The molecule has 2 rings (SSSR count). The molecule has 2 N–H and O–H groups in total. The van der Waals surface area contributed by atoms with Crippen molar-refractivity contribution < 1.29 is 14.6 Å². The number of hydrogen-bond donors (Lipinski definition) is 2. The average molecular weight is 297 g/mol. The van der Waals surface area contributed by atoms with Gasteiger partial charge in [-0.1, -0.05) is 0 Å². The van der Waals surface area contributed by atoms with Gasteiger partial charge in [-0.2, -0.15) is 0 Å². The molecule has 0 aromatic carbocycles. The van der Waals surface area contributed by atoms with E-state index in [1.807, 2.05) is 12.3 Å². The second-order valence-corrected chi connectivity index (χ2v) is 6.64. The van der Waals surface area contributed by atoms with Gasteiger partial charge < -0.3 is 15.2 Å². The van der Waals surface area contributed by atoms with Gasteiger partial charge in [0.25, 0.3) is 5.91 Å². The number of rotatable bonds is 6. The molecule has 0 aliphatic heterocycles. The van der Waals surface area contributed by atoms with Gasteiger partial charge in [-0.25, -0.2) is 0 Å². The summed E-state index contributed by atoms with van der Waals surface area (Å²) >= 11 is 1.69. The Labute approximate surface area is 124 Å². The second kappa shape index (κ2) is 6.70. The van der Waals surface area contributed by atoms with Crippen LogP contribution in [0.25, 0.3) is 0 Å². The number of amides is 1. The van der Waals surface area contributed by atoms with E-state index in [2.05, 4.69) is 5.32 Å². The lowest BCUT2D eigenvalue weighted by atomic mass is 9.94. The number of hydrogen-bond acceptors (Lipinski definition) is 4. The molecule has 1 aromatic heterocycles. The molecule has 1 amide bonds. The molecule has 1 heterocycles.